The van der Waals surface area contributed by atoms with Gasteiger partial charge in [-0.1, -0.05) is 44.1 Å². The molecular weight excluding hydrogens is 210 g/mol. The maximum Gasteiger partial charge on any atom is 0.0781 e. The smallest absolute Gasteiger partial charge is 0.0781 e. The van der Waals surface area contributed by atoms with Gasteiger partial charge in [-0.15, -0.1) is 0 Å². The minimum absolute atomic E-state index is 1.05. The highest BCUT2D eigenvalue weighted by Gasteiger charge is 2.26. The molecule has 1 rings (SSSR count). The Morgan fingerprint density at radius 3 is 2.19 bits per heavy atom. The molecule has 0 N–H and O–H groups in total. The summed E-state index contributed by atoms with van der Waals surface area (Å²) in [6.45, 7) is 11.0. The summed E-state index contributed by atoms with van der Waals surface area (Å²) in [6.07, 6.45) is 6.61. The molecule has 0 aromatic rings. The van der Waals surface area contributed by atoms with Gasteiger partial charge in [0.1, 0.15) is 0 Å². The molecular formula is C14H29NSi. The van der Waals surface area contributed by atoms with Crippen LogP contribution in [0.1, 0.15) is 40.0 Å². The van der Waals surface area contributed by atoms with E-state index < -0.39 is 8.07 Å². The Bertz CT molecular complexity index is 203. The highest BCUT2D eigenvalue weighted by Crippen LogP contribution is 2.23. The third kappa shape index (κ3) is 4.06. The Morgan fingerprint density at radius 2 is 1.69 bits per heavy atom. The second-order valence-corrected chi connectivity index (χ2v) is 10.2. The van der Waals surface area contributed by atoms with Crippen LogP contribution in [0.4, 0.5) is 0 Å². The first-order valence-corrected chi connectivity index (χ1v) is 9.82. The highest BCUT2D eigenvalue weighted by molar-refractivity contribution is 6.84. The molecule has 1 fully saturated rings. The summed E-state index contributed by atoms with van der Waals surface area (Å²) in [7, 11) is -1.05. The molecule has 94 valence electrons. The molecule has 1 nitrogen and oxygen atoms in total. The first-order chi connectivity index (χ1) is 7.76. The quantitative estimate of drug-likeness (QED) is 0.631. The summed E-state index contributed by atoms with van der Waals surface area (Å²) in [5.74, 6) is 0. The lowest BCUT2D eigenvalue weighted by Gasteiger charge is -2.32. The van der Waals surface area contributed by atoms with Gasteiger partial charge >= 0.3 is 0 Å². The van der Waals surface area contributed by atoms with Crippen LogP contribution < -0.4 is 0 Å². The zero-order chi connectivity index (χ0) is 11.9. The molecule has 0 aliphatic carbocycles. The van der Waals surface area contributed by atoms with Crippen LogP contribution in [-0.2, 0) is 0 Å². The van der Waals surface area contributed by atoms with Gasteiger partial charge in [0.2, 0.25) is 0 Å². The molecule has 1 heterocycles. The first-order valence-electron chi connectivity index (χ1n) is 7.12. The van der Waals surface area contributed by atoms with E-state index in [2.05, 4.69) is 37.4 Å². The van der Waals surface area contributed by atoms with Gasteiger partial charge in [0.05, 0.1) is 8.07 Å². The van der Waals surface area contributed by atoms with Crippen LogP contribution in [0.5, 0.6) is 0 Å². The normalized spacial score (nSPS) is 19.4. The van der Waals surface area contributed by atoms with Gasteiger partial charge in [-0.25, -0.2) is 0 Å². The number of rotatable bonds is 6. The third-order valence-electron chi connectivity index (χ3n) is 4.30. The molecule has 0 aromatic heterocycles. The van der Waals surface area contributed by atoms with Crippen molar-refractivity contribution in [2.24, 2.45) is 0 Å². The molecule has 0 radical (unpaired) electrons. The maximum atomic E-state index is 2.69. The van der Waals surface area contributed by atoms with Crippen molar-refractivity contribution in [2.45, 2.75) is 58.2 Å². The third-order valence-corrected chi connectivity index (χ3v) is 9.38. The van der Waals surface area contributed by atoms with Crippen molar-refractivity contribution in [3.8, 4) is 0 Å². The number of likely N-dealkylation sites (tertiary alicyclic amines) is 1. The highest BCUT2D eigenvalue weighted by atomic mass is 28.3. The molecule has 0 atom stereocenters. The van der Waals surface area contributed by atoms with Crippen molar-refractivity contribution in [1.29, 1.82) is 0 Å². The fourth-order valence-corrected chi connectivity index (χ4v) is 6.15. The van der Waals surface area contributed by atoms with Crippen LogP contribution >= 0.6 is 0 Å². The number of hydrogen-bond acceptors (Lipinski definition) is 1. The molecule has 0 aromatic carbocycles. The van der Waals surface area contributed by atoms with E-state index in [4.69, 9.17) is 0 Å². The Morgan fingerprint density at radius 1 is 1.06 bits per heavy atom. The SMILES string of the molecule is CC=C[Si](CC)(CC)CCN1CCCCC1. The lowest BCUT2D eigenvalue weighted by Crippen LogP contribution is -2.38. The topological polar surface area (TPSA) is 3.24 Å². The molecule has 0 saturated carbocycles. The average molecular weight is 239 g/mol. The van der Waals surface area contributed by atoms with Crippen molar-refractivity contribution in [2.75, 3.05) is 19.6 Å². The van der Waals surface area contributed by atoms with E-state index in [9.17, 15) is 0 Å². The molecule has 1 aliphatic heterocycles. The summed E-state index contributed by atoms with van der Waals surface area (Å²) >= 11 is 0. The van der Waals surface area contributed by atoms with E-state index in [1.165, 1.54) is 57.0 Å². The Labute approximate surface area is 103 Å². The van der Waals surface area contributed by atoms with Crippen molar-refractivity contribution >= 4 is 8.07 Å². The maximum absolute atomic E-state index is 2.69. The minimum Gasteiger partial charge on any atom is -0.304 e. The van der Waals surface area contributed by atoms with Crippen molar-refractivity contribution in [1.82, 2.24) is 4.90 Å². The standard InChI is InChI=1S/C14H29NSi/c1-4-13-16(5-2,6-3)14-12-15-10-8-7-9-11-15/h4,13H,5-12,14H2,1-3H3. The largest absolute Gasteiger partial charge is 0.304 e. The first kappa shape index (κ1) is 14.0. The fraction of sp³-hybridized carbons (Fsp3) is 0.857. The van der Waals surface area contributed by atoms with Crippen molar-refractivity contribution in [3.63, 3.8) is 0 Å². The van der Waals surface area contributed by atoms with E-state index >= 15 is 0 Å². The van der Waals surface area contributed by atoms with E-state index in [1.54, 1.807) is 0 Å². The van der Waals surface area contributed by atoms with Crippen LogP contribution in [0, 0.1) is 0 Å². The number of allylic oxidation sites excluding steroid dienone is 1. The molecule has 0 amide bonds. The van der Waals surface area contributed by atoms with E-state index in [1.807, 2.05) is 0 Å². The van der Waals surface area contributed by atoms with Crippen LogP contribution in [0.15, 0.2) is 11.8 Å². The van der Waals surface area contributed by atoms with E-state index in [-0.39, 0.29) is 0 Å². The number of nitrogens with zero attached hydrogens (tertiary/aromatic N) is 1. The van der Waals surface area contributed by atoms with Gasteiger partial charge in [0.25, 0.3) is 0 Å². The molecule has 2 heteroatoms. The minimum atomic E-state index is -1.05. The summed E-state index contributed by atoms with van der Waals surface area (Å²) in [6, 6.07) is 4.31. The van der Waals surface area contributed by atoms with Gasteiger partial charge in [-0.3, -0.25) is 0 Å². The van der Waals surface area contributed by atoms with Crippen molar-refractivity contribution < 1.29 is 0 Å². The molecule has 1 aliphatic rings. The molecule has 0 spiro atoms. The van der Waals surface area contributed by atoms with E-state index in [0.29, 0.717) is 0 Å². The molecule has 16 heavy (non-hydrogen) atoms. The summed E-state index contributed by atoms with van der Waals surface area (Å²) in [4.78, 5) is 2.69. The van der Waals surface area contributed by atoms with E-state index in [0.717, 1.165) is 0 Å². The predicted octanol–water partition coefficient (Wildman–Crippen LogP) is 4.08. The fourth-order valence-electron chi connectivity index (χ4n) is 2.84. The molecule has 0 bridgehead atoms. The van der Waals surface area contributed by atoms with Crippen LogP contribution in [0.3, 0.4) is 0 Å². The number of piperidine rings is 1. The van der Waals surface area contributed by atoms with Gasteiger partial charge in [0, 0.05) is 0 Å². The summed E-state index contributed by atoms with van der Waals surface area (Å²) in [5, 5.41) is 0. The lowest BCUT2D eigenvalue weighted by atomic mass is 10.1. The predicted molar refractivity (Wildman–Crippen MR) is 76.6 cm³/mol. The lowest BCUT2D eigenvalue weighted by molar-refractivity contribution is 0.239. The molecule has 1 saturated heterocycles. The van der Waals surface area contributed by atoms with Gasteiger partial charge < -0.3 is 4.90 Å². The Hall–Kier alpha value is -0.0831. The average Bonchev–Trinajstić information content (AvgIpc) is 2.36. The van der Waals surface area contributed by atoms with Crippen LogP contribution in [0.2, 0.25) is 18.1 Å². The zero-order valence-corrected chi connectivity index (χ0v) is 12.5. The van der Waals surface area contributed by atoms with Gasteiger partial charge in [-0.05, 0) is 45.4 Å². The summed E-state index contributed by atoms with van der Waals surface area (Å²) < 4.78 is 0. The second kappa shape index (κ2) is 7.28. The second-order valence-electron chi connectivity index (χ2n) is 5.22. The molecule has 0 unspecified atom stereocenters. The van der Waals surface area contributed by atoms with Crippen LogP contribution in [-0.4, -0.2) is 32.6 Å². The monoisotopic (exact) mass is 239 g/mol. The Kier molecular flexibility index (Phi) is 6.36. The zero-order valence-electron chi connectivity index (χ0n) is 11.5. The van der Waals surface area contributed by atoms with Crippen molar-refractivity contribution in [3.05, 3.63) is 11.8 Å². The van der Waals surface area contributed by atoms with Gasteiger partial charge in [-0.2, -0.15) is 0 Å². The Balaban J connectivity index is 2.42. The number of hydrogen-bond donors (Lipinski definition) is 0. The van der Waals surface area contributed by atoms with Gasteiger partial charge in [0.15, 0.2) is 0 Å². The van der Waals surface area contributed by atoms with Crippen LogP contribution in [0.25, 0.3) is 0 Å². The summed E-state index contributed by atoms with van der Waals surface area (Å²) in [5.41, 5.74) is 2.58.